The minimum atomic E-state index is -0.604. The lowest BCUT2D eigenvalue weighted by atomic mass is 9.80. The molecule has 5 atom stereocenters. The Morgan fingerprint density at radius 2 is 2.04 bits per heavy atom. The summed E-state index contributed by atoms with van der Waals surface area (Å²) in [5.74, 6) is 0.425. The molecule has 2 amide bonds. The van der Waals surface area contributed by atoms with Crippen LogP contribution in [0.25, 0.3) is 0 Å². The number of carbonyl (C=O) groups excluding carboxylic acids is 2. The van der Waals surface area contributed by atoms with Gasteiger partial charge in [-0.05, 0) is 70.3 Å². The number of nitrogens with one attached hydrogen (secondary N) is 2. The third-order valence-electron chi connectivity index (χ3n) is 6.45. The zero-order valence-corrected chi connectivity index (χ0v) is 16.0. The van der Waals surface area contributed by atoms with Crippen LogP contribution in [0.2, 0.25) is 0 Å². The van der Waals surface area contributed by atoms with E-state index in [4.69, 9.17) is 0 Å². The summed E-state index contributed by atoms with van der Waals surface area (Å²) in [6.45, 7) is 4.27. The Morgan fingerprint density at radius 1 is 1.19 bits per heavy atom. The van der Waals surface area contributed by atoms with Gasteiger partial charge in [0.1, 0.15) is 12.1 Å². The predicted octanol–water partition coefficient (Wildman–Crippen LogP) is 2.61. The van der Waals surface area contributed by atoms with Crippen LogP contribution in [0.5, 0.6) is 0 Å². The van der Waals surface area contributed by atoms with Gasteiger partial charge in [-0.1, -0.05) is 12.8 Å². The molecule has 0 spiro atoms. The third kappa shape index (κ3) is 4.96. The van der Waals surface area contributed by atoms with Crippen LogP contribution >= 0.6 is 0 Å². The van der Waals surface area contributed by atoms with E-state index in [0.29, 0.717) is 24.8 Å². The molecule has 5 unspecified atom stereocenters. The molecule has 1 aliphatic carbocycles. The van der Waals surface area contributed by atoms with Crippen molar-refractivity contribution in [2.45, 2.75) is 77.0 Å². The van der Waals surface area contributed by atoms with Crippen molar-refractivity contribution >= 4 is 11.8 Å². The molecule has 0 radical (unpaired) electrons. The summed E-state index contributed by atoms with van der Waals surface area (Å²) < 4.78 is 13.6. The van der Waals surface area contributed by atoms with Crippen molar-refractivity contribution in [3.63, 3.8) is 0 Å². The van der Waals surface area contributed by atoms with Gasteiger partial charge in [0, 0.05) is 13.1 Å². The molecule has 0 aromatic rings. The van der Waals surface area contributed by atoms with Crippen molar-refractivity contribution in [1.82, 2.24) is 15.5 Å². The second-order valence-corrected chi connectivity index (χ2v) is 8.39. The lowest BCUT2D eigenvalue weighted by Gasteiger charge is -2.35. The first-order valence-corrected chi connectivity index (χ1v) is 10.5. The largest absolute Gasteiger partial charge is 0.342 e. The van der Waals surface area contributed by atoms with Crippen molar-refractivity contribution in [3.05, 3.63) is 0 Å². The lowest BCUT2D eigenvalue weighted by Crippen LogP contribution is -2.54. The van der Waals surface area contributed by atoms with Crippen LogP contribution in [-0.4, -0.2) is 48.7 Å². The normalized spacial score (nSPS) is 36.0. The molecule has 26 heavy (non-hydrogen) atoms. The molecule has 3 fully saturated rings. The lowest BCUT2D eigenvalue weighted by molar-refractivity contribution is -0.145. The van der Waals surface area contributed by atoms with E-state index in [9.17, 15) is 14.0 Å². The van der Waals surface area contributed by atoms with Gasteiger partial charge in [0.15, 0.2) is 0 Å². The SMILES string of the molecule is CCN1CCCC(C(=O)NC2CCC(CC3CCCC(F)C3)CN2)C1=O. The summed E-state index contributed by atoms with van der Waals surface area (Å²) in [5.41, 5.74) is 0. The fourth-order valence-corrected chi connectivity index (χ4v) is 4.92. The van der Waals surface area contributed by atoms with Gasteiger partial charge in [-0.15, -0.1) is 0 Å². The van der Waals surface area contributed by atoms with E-state index in [1.54, 1.807) is 4.90 Å². The van der Waals surface area contributed by atoms with E-state index in [2.05, 4.69) is 10.6 Å². The molecule has 0 aromatic carbocycles. The van der Waals surface area contributed by atoms with Crippen LogP contribution in [0.1, 0.15) is 64.7 Å². The molecular weight excluding hydrogens is 333 g/mol. The van der Waals surface area contributed by atoms with Gasteiger partial charge in [-0.2, -0.15) is 0 Å². The van der Waals surface area contributed by atoms with Crippen molar-refractivity contribution in [3.8, 4) is 0 Å². The van der Waals surface area contributed by atoms with Crippen LogP contribution in [0, 0.1) is 17.8 Å². The van der Waals surface area contributed by atoms with Gasteiger partial charge in [0.05, 0.1) is 6.17 Å². The molecule has 1 saturated carbocycles. The maximum atomic E-state index is 13.6. The van der Waals surface area contributed by atoms with E-state index in [0.717, 1.165) is 64.5 Å². The Morgan fingerprint density at radius 3 is 2.73 bits per heavy atom. The average Bonchev–Trinajstić information content (AvgIpc) is 2.63. The fourth-order valence-electron chi connectivity index (χ4n) is 4.92. The average molecular weight is 368 g/mol. The number of alkyl halides is 1. The summed E-state index contributed by atoms with van der Waals surface area (Å²) >= 11 is 0. The molecule has 2 heterocycles. The minimum Gasteiger partial charge on any atom is -0.342 e. The molecule has 2 saturated heterocycles. The standard InChI is InChI=1S/C20H34FN3O2/c1-2-24-10-4-7-17(20(24)26)19(25)23-18-9-8-15(13-22-18)11-14-5-3-6-16(21)12-14/h14-18,22H,2-13H2,1H3,(H,23,25). The first-order chi connectivity index (χ1) is 12.6. The highest BCUT2D eigenvalue weighted by Crippen LogP contribution is 2.33. The van der Waals surface area contributed by atoms with Crippen molar-refractivity contribution in [2.75, 3.05) is 19.6 Å². The van der Waals surface area contributed by atoms with Crippen LogP contribution in [0.4, 0.5) is 4.39 Å². The van der Waals surface area contributed by atoms with Gasteiger partial charge in [0.25, 0.3) is 0 Å². The summed E-state index contributed by atoms with van der Waals surface area (Å²) in [6.07, 6.45) is 7.61. The molecule has 0 aromatic heterocycles. The third-order valence-corrected chi connectivity index (χ3v) is 6.45. The molecule has 0 bridgehead atoms. The zero-order valence-electron chi connectivity index (χ0n) is 16.0. The monoisotopic (exact) mass is 367 g/mol. The van der Waals surface area contributed by atoms with Gasteiger partial charge < -0.3 is 10.2 Å². The van der Waals surface area contributed by atoms with E-state index in [-0.39, 0.29) is 18.0 Å². The quantitative estimate of drug-likeness (QED) is 0.734. The molecule has 5 nitrogen and oxygen atoms in total. The number of carbonyl (C=O) groups is 2. The molecule has 2 aliphatic heterocycles. The number of rotatable bonds is 5. The predicted molar refractivity (Wildman–Crippen MR) is 99.1 cm³/mol. The number of nitrogens with zero attached hydrogens (tertiary/aromatic N) is 1. The highest BCUT2D eigenvalue weighted by molar-refractivity contribution is 6.00. The van der Waals surface area contributed by atoms with Gasteiger partial charge in [-0.25, -0.2) is 4.39 Å². The van der Waals surface area contributed by atoms with Crippen LogP contribution in [0.15, 0.2) is 0 Å². The smallest absolute Gasteiger partial charge is 0.235 e. The minimum absolute atomic E-state index is 0.0250. The maximum Gasteiger partial charge on any atom is 0.235 e. The second kappa shape index (κ2) is 9.16. The van der Waals surface area contributed by atoms with Gasteiger partial charge in [-0.3, -0.25) is 14.9 Å². The van der Waals surface area contributed by atoms with E-state index in [1.165, 1.54) is 0 Å². The van der Waals surface area contributed by atoms with Gasteiger partial charge >= 0.3 is 0 Å². The van der Waals surface area contributed by atoms with E-state index >= 15 is 0 Å². The van der Waals surface area contributed by atoms with Crippen LogP contribution in [0.3, 0.4) is 0 Å². The summed E-state index contributed by atoms with van der Waals surface area (Å²) in [4.78, 5) is 26.7. The number of piperidine rings is 2. The topological polar surface area (TPSA) is 61.4 Å². The Kier molecular flexibility index (Phi) is 6.90. The first kappa shape index (κ1) is 19.6. The van der Waals surface area contributed by atoms with Gasteiger partial charge in [0.2, 0.25) is 11.8 Å². The molecule has 3 rings (SSSR count). The fraction of sp³-hybridized carbons (Fsp3) is 0.900. The van der Waals surface area contributed by atoms with Crippen molar-refractivity contribution < 1.29 is 14.0 Å². The number of likely N-dealkylation sites (tertiary alicyclic amines) is 1. The number of hydrogen-bond donors (Lipinski definition) is 2. The number of amides is 2. The molecule has 148 valence electrons. The van der Waals surface area contributed by atoms with Crippen molar-refractivity contribution in [2.24, 2.45) is 17.8 Å². The van der Waals surface area contributed by atoms with Crippen LogP contribution in [-0.2, 0) is 9.59 Å². The molecule has 2 N–H and O–H groups in total. The molecular formula is C20H34FN3O2. The maximum absolute atomic E-state index is 13.6. The first-order valence-electron chi connectivity index (χ1n) is 10.5. The second-order valence-electron chi connectivity index (χ2n) is 8.39. The summed E-state index contributed by atoms with van der Waals surface area (Å²) in [5, 5.41) is 6.47. The Hall–Kier alpha value is -1.17. The Balaban J connectivity index is 1.40. The summed E-state index contributed by atoms with van der Waals surface area (Å²) in [6, 6.07) is 0. The highest BCUT2D eigenvalue weighted by atomic mass is 19.1. The zero-order chi connectivity index (χ0) is 18.5. The van der Waals surface area contributed by atoms with Crippen molar-refractivity contribution in [1.29, 1.82) is 0 Å². The highest BCUT2D eigenvalue weighted by Gasteiger charge is 2.35. The number of halogens is 1. The van der Waals surface area contributed by atoms with Crippen LogP contribution < -0.4 is 10.6 Å². The summed E-state index contributed by atoms with van der Waals surface area (Å²) in [7, 11) is 0. The Labute approximate surface area is 156 Å². The Bertz CT molecular complexity index is 493. The van der Waals surface area contributed by atoms with E-state index < -0.39 is 12.1 Å². The van der Waals surface area contributed by atoms with E-state index in [1.807, 2.05) is 6.92 Å². The molecule has 6 heteroatoms. The number of hydrogen-bond acceptors (Lipinski definition) is 3. The molecule has 3 aliphatic rings.